The topological polar surface area (TPSA) is 59.8 Å². The Bertz CT molecular complexity index is 68.4. The van der Waals surface area contributed by atoms with Gasteiger partial charge >= 0.3 is 32.7 Å². The van der Waals surface area contributed by atoms with Crippen molar-refractivity contribution in [3.8, 4) is 0 Å². The van der Waals surface area contributed by atoms with Crippen molar-refractivity contribution in [1.82, 2.24) is 0 Å². The van der Waals surface area contributed by atoms with Crippen molar-refractivity contribution in [2.45, 2.75) is 6.42 Å². The number of nitrogens with two attached hydrogens (primary N) is 1. The van der Waals surface area contributed by atoms with Gasteiger partial charge in [-0.1, -0.05) is 0 Å². The third-order valence-electron chi connectivity index (χ3n) is 0.673. The van der Waals surface area contributed by atoms with Crippen LogP contribution in [-0.2, 0) is 42.2 Å². The monoisotopic (exact) mass is 190 g/mol. The van der Waals surface area contributed by atoms with Crippen molar-refractivity contribution < 1.29 is 42.2 Å². The maximum absolute atomic E-state index is 9.97. The molecule has 0 radical (unpaired) electrons. The Morgan fingerprint density at radius 2 is 2.25 bits per heavy atom. The van der Waals surface area contributed by atoms with Gasteiger partial charge in [-0.3, -0.25) is 11.2 Å². The van der Waals surface area contributed by atoms with E-state index in [1.54, 1.807) is 6.42 Å². The first-order valence-corrected chi connectivity index (χ1v) is 1.89. The van der Waals surface area contributed by atoms with Gasteiger partial charge in [0, 0.05) is 0 Å². The molecule has 3 nitrogen and oxygen atoms in total. The first kappa shape index (κ1) is 11.2. The summed E-state index contributed by atoms with van der Waals surface area (Å²) in [7, 11) is 0. The predicted octanol–water partition coefficient (Wildman–Crippen LogP) is 0.852. The number of hydrogen-bond donors (Lipinski definition) is 0. The summed E-state index contributed by atoms with van der Waals surface area (Å²) >= 11 is 0. The molecule has 1 heterocycles. The number of ether oxygens (including phenoxy) is 1. The van der Waals surface area contributed by atoms with Crippen molar-refractivity contribution in [2.24, 2.45) is 0 Å². The summed E-state index contributed by atoms with van der Waals surface area (Å²) in [5.74, 6) is -0.171. The van der Waals surface area contributed by atoms with E-state index in [-0.39, 0.29) is 44.8 Å². The van der Waals surface area contributed by atoms with E-state index in [2.05, 4.69) is 4.74 Å². The van der Waals surface area contributed by atoms with Gasteiger partial charge in [-0.15, -0.1) is 6.42 Å². The Hall–Kier alpha value is 0.404. The van der Waals surface area contributed by atoms with E-state index < -0.39 is 0 Å². The standard InChI is InChI=1S/C4H5O2.H2N.Y/c5-4-2-1-3-6-4;;/h2H,1,3H2;1H2;/q2*-1;+3. The Morgan fingerprint density at radius 1 is 1.62 bits per heavy atom. The summed E-state index contributed by atoms with van der Waals surface area (Å²) in [5, 5.41) is 0. The molecule has 0 aromatic rings. The van der Waals surface area contributed by atoms with Crippen LogP contribution in [0.1, 0.15) is 6.42 Å². The maximum atomic E-state index is 9.97. The van der Waals surface area contributed by atoms with Crippen LogP contribution in [-0.4, -0.2) is 12.6 Å². The van der Waals surface area contributed by atoms with Gasteiger partial charge in [-0.05, 0) is 0 Å². The second-order valence-electron chi connectivity index (χ2n) is 1.16. The summed E-state index contributed by atoms with van der Waals surface area (Å²) in [4.78, 5) is 9.97. The Morgan fingerprint density at radius 3 is 2.38 bits per heavy atom. The van der Waals surface area contributed by atoms with E-state index in [1.165, 1.54) is 0 Å². The van der Waals surface area contributed by atoms with Crippen LogP contribution in [0.3, 0.4) is 0 Å². The van der Waals surface area contributed by atoms with Crippen LogP contribution < -0.4 is 0 Å². The minimum absolute atomic E-state index is 0. The second-order valence-corrected chi connectivity index (χ2v) is 1.16. The largest absolute Gasteiger partial charge is 3.00 e. The summed E-state index contributed by atoms with van der Waals surface area (Å²) in [6.45, 7) is 0.582. The summed E-state index contributed by atoms with van der Waals surface area (Å²) in [6, 6.07) is 0. The summed E-state index contributed by atoms with van der Waals surface area (Å²) in [5.41, 5.74) is 0. The number of carbonyl (C=O) groups is 1. The molecule has 8 heavy (non-hydrogen) atoms. The molecular weight excluding hydrogens is 183 g/mol. The van der Waals surface area contributed by atoms with Crippen LogP contribution in [0.25, 0.3) is 6.15 Å². The average molecular weight is 190 g/mol. The van der Waals surface area contributed by atoms with E-state index in [1.807, 2.05) is 0 Å². The van der Waals surface area contributed by atoms with Gasteiger partial charge in [0.15, 0.2) is 5.97 Å². The third-order valence-corrected chi connectivity index (χ3v) is 0.673. The van der Waals surface area contributed by atoms with Gasteiger partial charge in [-0.2, -0.15) is 0 Å². The van der Waals surface area contributed by atoms with E-state index >= 15 is 0 Å². The fourth-order valence-electron chi connectivity index (χ4n) is 0.395. The molecule has 1 rings (SSSR count). The van der Waals surface area contributed by atoms with Crippen molar-refractivity contribution in [3.63, 3.8) is 0 Å². The summed E-state index contributed by atoms with van der Waals surface area (Å²) in [6.07, 6.45) is 2.33. The smallest absolute Gasteiger partial charge is 0.693 e. The van der Waals surface area contributed by atoms with Crippen LogP contribution in [0.4, 0.5) is 0 Å². The van der Waals surface area contributed by atoms with Crippen molar-refractivity contribution >= 4 is 5.97 Å². The molecular formula is C4H7NO2Y+. The number of cyclic esters (lactones) is 1. The quantitative estimate of drug-likeness (QED) is 0.420. The van der Waals surface area contributed by atoms with Gasteiger partial charge in [0.1, 0.15) is 0 Å². The molecule has 2 N–H and O–H groups in total. The molecule has 0 amide bonds. The zero-order chi connectivity index (χ0) is 4.41. The molecule has 0 atom stereocenters. The van der Waals surface area contributed by atoms with E-state index in [0.29, 0.717) is 6.61 Å². The minimum atomic E-state index is -0.171. The predicted molar refractivity (Wildman–Crippen MR) is 25.2 cm³/mol. The molecule has 0 aliphatic carbocycles. The van der Waals surface area contributed by atoms with Gasteiger partial charge in [0.25, 0.3) is 0 Å². The van der Waals surface area contributed by atoms with Crippen molar-refractivity contribution in [3.05, 3.63) is 12.6 Å². The van der Waals surface area contributed by atoms with Gasteiger partial charge in [0.05, 0.1) is 6.61 Å². The molecule has 42 valence electrons. The number of esters is 1. The Kier molecular flexibility index (Phi) is 7.78. The average Bonchev–Trinajstić information content (AvgIpc) is 1.86. The number of rotatable bonds is 0. The van der Waals surface area contributed by atoms with Crippen molar-refractivity contribution in [2.75, 3.05) is 6.61 Å². The van der Waals surface area contributed by atoms with E-state index in [4.69, 9.17) is 0 Å². The Labute approximate surface area is 73.6 Å². The molecule has 0 spiro atoms. The molecule has 1 aliphatic rings. The van der Waals surface area contributed by atoms with E-state index in [0.717, 1.165) is 6.42 Å². The first-order valence-electron chi connectivity index (χ1n) is 1.89. The fourth-order valence-corrected chi connectivity index (χ4v) is 0.395. The van der Waals surface area contributed by atoms with Gasteiger partial charge in [-0.25, -0.2) is 0 Å². The van der Waals surface area contributed by atoms with Crippen LogP contribution in [0.15, 0.2) is 0 Å². The van der Waals surface area contributed by atoms with Crippen LogP contribution in [0.2, 0.25) is 0 Å². The number of hydrogen-bond acceptors (Lipinski definition) is 2. The third kappa shape index (κ3) is 3.41. The molecule has 1 aliphatic heterocycles. The zero-order valence-electron chi connectivity index (χ0n) is 4.46. The minimum Gasteiger partial charge on any atom is -0.693 e. The van der Waals surface area contributed by atoms with Gasteiger partial charge in [0.2, 0.25) is 0 Å². The van der Waals surface area contributed by atoms with E-state index in [9.17, 15) is 4.79 Å². The molecule has 1 fully saturated rings. The Balaban J connectivity index is 0. The van der Waals surface area contributed by atoms with Gasteiger partial charge < -0.3 is 10.9 Å². The first-order chi connectivity index (χ1) is 2.89. The molecule has 1 saturated heterocycles. The molecule has 0 saturated carbocycles. The van der Waals surface area contributed by atoms with Crippen LogP contribution >= 0.6 is 0 Å². The molecule has 4 heteroatoms. The molecule has 0 aromatic heterocycles. The number of carbonyl (C=O) groups excluding carboxylic acids is 1. The molecule has 0 aromatic carbocycles. The molecule has 0 bridgehead atoms. The SMILES string of the molecule is O=C1[CH-]CCO1.[NH2-].[Y+3]. The fraction of sp³-hybridized carbons (Fsp3) is 0.500. The van der Waals surface area contributed by atoms with Crippen LogP contribution in [0.5, 0.6) is 0 Å². The normalized spacial score (nSPS) is 14.8. The maximum Gasteiger partial charge on any atom is 3.00 e. The summed E-state index contributed by atoms with van der Waals surface area (Å²) < 4.78 is 4.46. The van der Waals surface area contributed by atoms with Crippen LogP contribution in [0, 0.1) is 6.42 Å². The molecule has 0 unspecified atom stereocenters. The zero-order valence-corrected chi connectivity index (χ0v) is 7.30. The second kappa shape index (κ2) is 5.54. The van der Waals surface area contributed by atoms with Crippen molar-refractivity contribution in [1.29, 1.82) is 0 Å².